The molecule has 0 saturated carbocycles. The van der Waals surface area contributed by atoms with E-state index in [1.54, 1.807) is 16.5 Å². The number of carbonyl (C=O) groups is 1. The van der Waals surface area contributed by atoms with Crippen molar-refractivity contribution in [3.63, 3.8) is 0 Å². The van der Waals surface area contributed by atoms with Gasteiger partial charge < -0.3 is 9.88 Å². The Hall–Kier alpha value is -2.54. The van der Waals surface area contributed by atoms with Crippen LogP contribution >= 0.6 is 11.8 Å². The number of nitrogens with zero attached hydrogens (tertiary/aromatic N) is 3. The van der Waals surface area contributed by atoms with Gasteiger partial charge in [0.15, 0.2) is 5.16 Å². The first-order chi connectivity index (χ1) is 13.3. The molecule has 1 amide bonds. The van der Waals surface area contributed by atoms with Gasteiger partial charge in [0.25, 0.3) is 5.56 Å². The smallest absolute Gasteiger partial charge is 0.278 e. The highest BCUT2D eigenvalue weighted by atomic mass is 32.2. The molecule has 0 saturated heterocycles. The molecular weight excluding hydrogens is 372 g/mol. The van der Waals surface area contributed by atoms with Gasteiger partial charge in [-0.25, -0.2) is 4.98 Å². The van der Waals surface area contributed by atoms with E-state index in [4.69, 9.17) is 0 Å². The Morgan fingerprint density at radius 3 is 2.71 bits per heavy atom. The quantitative estimate of drug-likeness (QED) is 0.507. The molecule has 3 aromatic rings. The number of anilines is 1. The first-order valence-electron chi connectivity index (χ1n) is 9.32. The van der Waals surface area contributed by atoms with Crippen LogP contribution < -0.4 is 10.5 Å². The highest BCUT2D eigenvalue weighted by Crippen LogP contribution is 2.21. The molecule has 2 aromatic heterocycles. The van der Waals surface area contributed by atoms with Gasteiger partial charge in [-0.15, -0.1) is 0 Å². The zero-order valence-corrected chi connectivity index (χ0v) is 17.8. The van der Waals surface area contributed by atoms with Crippen molar-refractivity contribution in [2.24, 2.45) is 5.92 Å². The summed E-state index contributed by atoms with van der Waals surface area (Å²) < 4.78 is 1.67. The van der Waals surface area contributed by atoms with Crippen molar-refractivity contribution in [1.29, 1.82) is 0 Å². The summed E-state index contributed by atoms with van der Waals surface area (Å²) in [6, 6.07) is 9.69. The van der Waals surface area contributed by atoms with E-state index < -0.39 is 0 Å². The predicted molar refractivity (Wildman–Crippen MR) is 115 cm³/mol. The highest BCUT2D eigenvalue weighted by molar-refractivity contribution is 7.99. The zero-order chi connectivity index (χ0) is 20.4. The number of thioether (sulfide) groups is 1. The summed E-state index contributed by atoms with van der Waals surface area (Å²) in [6.07, 6.45) is 0. The summed E-state index contributed by atoms with van der Waals surface area (Å²) in [7, 11) is 1.77. The Bertz CT molecular complexity index is 1070. The average Bonchev–Trinajstić information content (AvgIpc) is 3.02. The number of fused-ring (bicyclic) bond motifs is 1. The largest absolute Gasteiger partial charge is 0.353 e. The van der Waals surface area contributed by atoms with Crippen LogP contribution in [0.1, 0.15) is 25.1 Å². The van der Waals surface area contributed by atoms with E-state index in [2.05, 4.69) is 23.8 Å². The van der Waals surface area contributed by atoms with Crippen LogP contribution in [0.2, 0.25) is 0 Å². The van der Waals surface area contributed by atoms with Crippen molar-refractivity contribution in [2.45, 2.75) is 39.4 Å². The van der Waals surface area contributed by atoms with E-state index in [0.29, 0.717) is 22.7 Å². The van der Waals surface area contributed by atoms with E-state index in [1.165, 1.54) is 11.8 Å². The molecule has 0 atom stereocenters. The normalized spacial score (nSPS) is 11.4. The van der Waals surface area contributed by atoms with Crippen LogP contribution in [0.5, 0.6) is 0 Å². The second-order valence-corrected chi connectivity index (χ2v) is 8.44. The molecule has 0 radical (unpaired) electrons. The third kappa shape index (κ3) is 4.30. The number of benzene rings is 1. The number of aromatic nitrogens is 3. The third-order valence-electron chi connectivity index (χ3n) is 4.47. The molecule has 1 aromatic carbocycles. The van der Waals surface area contributed by atoms with Crippen molar-refractivity contribution in [1.82, 2.24) is 14.5 Å². The van der Waals surface area contributed by atoms with Crippen LogP contribution in [0.25, 0.3) is 11.0 Å². The third-order valence-corrected chi connectivity index (χ3v) is 5.43. The van der Waals surface area contributed by atoms with Crippen molar-refractivity contribution in [2.75, 3.05) is 17.7 Å². The minimum absolute atomic E-state index is 0.0358. The van der Waals surface area contributed by atoms with E-state index >= 15 is 0 Å². The van der Waals surface area contributed by atoms with Crippen LogP contribution in [0, 0.1) is 19.8 Å². The summed E-state index contributed by atoms with van der Waals surface area (Å²) in [5.74, 6) is 0.466. The Balaban J connectivity index is 1.86. The summed E-state index contributed by atoms with van der Waals surface area (Å²) in [5.41, 5.74) is 3.93. The van der Waals surface area contributed by atoms with Crippen LogP contribution in [0.4, 0.5) is 5.69 Å². The fraction of sp³-hybridized carbons (Fsp3) is 0.381. The average molecular weight is 399 g/mol. The monoisotopic (exact) mass is 398 g/mol. The number of aryl methyl sites for hydroxylation is 2. The molecule has 3 rings (SSSR count). The molecule has 6 nitrogen and oxygen atoms in total. The van der Waals surface area contributed by atoms with Crippen LogP contribution in [-0.2, 0) is 11.3 Å². The van der Waals surface area contributed by atoms with Crippen LogP contribution in [-0.4, -0.2) is 33.2 Å². The van der Waals surface area contributed by atoms with Crippen LogP contribution in [0.3, 0.4) is 0 Å². The predicted octanol–water partition coefficient (Wildman–Crippen LogP) is 3.75. The SMILES string of the molecule is Cc1cccc(N(C)C(=O)CSc2nc3cc(C)[nH]c3c(=O)n2CC(C)C)c1. The molecule has 0 unspecified atom stereocenters. The van der Waals surface area contributed by atoms with Gasteiger partial charge in [0, 0.05) is 25.0 Å². The van der Waals surface area contributed by atoms with Gasteiger partial charge in [0.05, 0.1) is 11.3 Å². The second-order valence-electron chi connectivity index (χ2n) is 7.50. The maximum atomic E-state index is 12.9. The molecule has 28 heavy (non-hydrogen) atoms. The maximum Gasteiger partial charge on any atom is 0.278 e. The van der Waals surface area contributed by atoms with Crippen molar-refractivity contribution in [3.8, 4) is 0 Å². The molecule has 0 fully saturated rings. The topological polar surface area (TPSA) is 71.0 Å². The number of nitrogens with one attached hydrogen (secondary N) is 1. The van der Waals surface area contributed by atoms with E-state index in [-0.39, 0.29) is 23.1 Å². The maximum absolute atomic E-state index is 12.9. The second kappa shape index (κ2) is 8.22. The van der Waals surface area contributed by atoms with Gasteiger partial charge in [-0.2, -0.15) is 0 Å². The van der Waals surface area contributed by atoms with Gasteiger partial charge in [0.2, 0.25) is 5.91 Å². The van der Waals surface area contributed by atoms with Gasteiger partial charge in [-0.1, -0.05) is 37.7 Å². The first-order valence-corrected chi connectivity index (χ1v) is 10.3. The number of aromatic amines is 1. The molecule has 0 aliphatic rings. The number of H-pyrrole nitrogens is 1. The molecular formula is C21H26N4O2S. The Labute approximate surface area is 169 Å². The van der Waals surface area contributed by atoms with Crippen molar-refractivity contribution >= 4 is 34.4 Å². The lowest BCUT2D eigenvalue weighted by Crippen LogP contribution is -2.29. The van der Waals surface area contributed by atoms with E-state index in [1.807, 2.05) is 44.2 Å². The van der Waals surface area contributed by atoms with Crippen molar-refractivity contribution in [3.05, 3.63) is 51.9 Å². The highest BCUT2D eigenvalue weighted by Gasteiger charge is 2.17. The lowest BCUT2D eigenvalue weighted by molar-refractivity contribution is -0.115. The number of hydrogen-bond donors (Lipinski definition) is 1. The summed E-state index contributed by atoms with van der Waals surface area (Å²) in [6.45, 7) is 8.58. The Kier molecular flexibility index (Phi) is 5.93. The van der Waals surface area contributed by atoms with Crippen LogP contribution in [0.15, 0.2) is 40.3 Å². The lowest BCUT2D eigenvalue weighted by atomic mass is 10.2. The summed E-state index contributed by atoms with van der Waals surface area (Å²) in [4.78, 5) is 35.0. The van der Waals surface area contributed by atoms with Gasteiger partial charge in [-0.3, -0.25) is 14.2 Å². The first kappa shape index (κ1) is 20.2. The minimum Gasteiger partial charge on any atom is -0.353 e. The van der Waals surface area contributed by atoms with Gasteiger partial charge in [-0.05, 0) is 43.5 Å². The number of carbonyl (C=O) groups excluding carboxylic acids is 1. The molecule has 7 heteroatoms. The Morgan fingerprint density at radius 1 is 1.29 bits per heavy atom. The van der Waals surface area contributed by atoms with E-state index in [9.17, 15) is 9.59 Å². The number of rotatable bonds is 6. The Morgan fingerprint density at radius 2 is 2.04 bits per heavy atom. The number of amides is 1. The van der Waals surface area contributed by atoms with E-state index in [0.717, 1.165) is 16.9 Å². The fourth-order valence-electron chi connectivity index (χ4n) is 3.05. The minimum atomic E-state index is -0.0891. The zero-order valence-electron chi connectivity index (χ0n) is 16.9. The van der Waals surface area contributed by atoms with Crippen molar-refractivity contribution < 1.29 is 4.79 Å². The summed E-state index contributed by atoms with van der Waals surface area (Å²) >= 11 is 1.31. The lowest BCUT2D eigenvalue weighted by Gasteiger charge is -2.18. The van der Waals surface area contributed by atoms with Gasteiger partial charge in [0.1, 0.15) is 5.52 Å². The molecule has 1 N–H and O–H groups in total. The summed E-state index contributed by atoms with van der Waals surface area (Å²) in [5, 5.41) is 0.580. The fourth-order valence-corrected chi connectivity index (χ4v) is 3.97. The molecule has 0 spiro atoms. The van der Waals surface area contributed by atoms with Gasteiger partial charge >= 0.3 is 0 Å². The molecule has 0 aliphatic heterocycles. The molecule has 2 heterocycles. The number of hydrogen-bond acceptors (Lipinski definition) is 4. The molecule has 0 aliphatic carbocycles. The molecule has 148 valence electrons. The standard InChI is InChI=1S/C21H26N4O2S/c1-13(2)11-25-20(27)19-17(10-15(4)22-19)23-21(25)28-12-18(26)24(5)16-8-6-7-14(3)9-16/h6-10,13,22H,11-12H2,1-5H3. The molecule has 0 bridgehead atoms.